The van der Waals surface area contributed by atoms with E-state index in [9.17, 15) is 0 Å². The van der Waals surface area contributed by atoms with Gasteiger partial charge in [-0.1, -0.05) is 26.2 Å². The first kappa shape index (κ1) is 14.5. The maximum absolute atomic E-state index is 5.79. The Hall–Kier alpha value is 0.1000. The molecule has 1 aliphatic carbocycles. The smallest absolute Gasteiger partial charge is 0.0701 e. The fraction of sp³-hybridized carbons (Fsp3) is 0.714. The summed E-state index contributed by atoms with van der Waals surface area (Å²) >= 11 is 5.35. The van der Waals surface area contributed by atoms with Gasteiger partial charge in [0.15, 0.2) is 0 Å². The Morgan fingerprint density at radius 3 is 2.94 bits per heavy atom. The van der Waals surface area contributed by atoms with Crippen molar-refractivity contribution >= 4 is 27.3 Å². The minimum absolute atomic E-state index is 0.435. The molecule has 0 aromatic carbocycles. The first-order valence-corrected chi connectivity index (χ1v) is 8.54. The van der Waals surface area contributed by atoms with Crippen molar-refractivity contribution in [3.63, 3.8) is 0 Å². The summed E-state index contributed by atoms with van der Waals surface area (Å²) in [6.07, 6.45) is 7.84. The fourth-order valence-corrected chi connectivity index (χ4v) is 4.65. The molecule has 102 valence electrons. The van der Waals surface area contributed by atoms with E-state index in [1.54, 1.807) is 0 Å². The topological polar surface area (TPSA) is 38.0 Å². The zero-order chi connectivity index (χ0) is 13.0. The molecule has 2 rings (SSSR count). The molecular weight excluding hydrogens is 308 g/mol. The molecule has 18 heavy (non-hydrogen) atoms. The van der Waals surface area contributed by atoms with E-state index in [4.69, 9.17) is 5.84 Å². The maximum atomic E-state index is 5.79. The van der Waals surface area contributed by atoms with Gasteiger partial charge < -0.3 is 0 Å². The number of hydrogen-bond donors (Lipinski definition) is 2. The van der Waals surface area contributed by atoms with Gasteiger partial charge >= 0.3 is 0 Å². The van der Waals surface area contributed by atoms with Gasteiger partial charge in [-0.15, -0.1) is 11.3 Å². The lowest BCUT2D eigenvalue weighted by Gasteiger charge is -2.33. The lowest BCUT2D eigenvalue weighted by molar-refractivity contribution is 0.208. The molecule has 1 saturated carbocycles. The van der Waals surface area contributed by atoms with E-state index in [1.807, 2.05) is 11.3 Å². The molecule has 0 spiro atoms. The molecule has 1 fully saturated rings. The molecule has 0 amide bonds. The molecule has 0 aliphatic heterocycles. The van der Waals surface area contributed by atoms with Crippen LogP contribution >= 0.6 is 27.3 Å². The molecule has 4 heteroatoms. The van der Waals surface area contributed by atoms with Crippen LogP contribution < -0.4 is 11.3 Å². The fourth-order valence-electron chi connectivity index (χ4n) is 3.11. The second-order valence-electron chi connectivity index (χ2n) is 5.38. The molecule has 1 aliphatic rings. The monoisotopic (exact) mass is 330 g/mol. The van der Waals surface area contributed by atoms with Crippen LogP contribution in [-0.4, -0.2) is 6.04 Å². The molecule has 3 atom stereocenters. The van der Waals surface area contributed by atoms with Gasteiger partial charge in [-0.25, -0.2) is 0 Å². The third-order valence-electron chi connectivity index (χ3n) is 4.23. The van der Waals surface area contributed by atoms with E-state index in [2.05, 4.69) is 40.4 Å². The maximum Gasteiger partial charge on any atom is 0.0701 e. The largest absolute Gasteiger partial charge is 0.271 e. The minimum atomic E-state index is 0.435. The van der Waals surface area contributed by atoms with Gasteiger partial charge in [0.2, 0.25) is 0 Å². The van der Waals surface area contributed by atoms with Crippen LogP contribution in [0.1, 0.15) is 43.9 Å². The number of thiophene rings is 1. The Kier molecular flexibility index (Phi) is 5.67. The van der Waals surface area contributed by atoms with E-state index in [-0.39, 0.29) is 0 Å². The standard InChI is InChI=1S/C14H23BrN2S/c1-2-10-4-3-5-11(8-10)13(17-16)9-12-6-7-14(15)18-12/h6-7,10-11,13,17H,2-5,8-9,16H2,1H3. The molecule has 1 heterocycles. The van der Waals surface area contributed by atoms with E-state index in [0.29, 0.717) is 6.04 Å². The third-order valence-corrected chi connectivity index (χ3v) is 5.88. The Balaban J connectivity index is 1.95. The van der Waals surface area contributed by atoms with Crippen molar-refractivity contribution in [1.82, 2.24) is 5.43 Å². The molecule has 2 nitrogen and oxygen atoms in total. The first-order valence-electron chi connectivity index (χ1n) is 6.93. The Morgan fingerprint density at radius 2 is 2.33 bits per heavy atom. The highest BCUT2D eigenvalue weighted by atomic mass is 79.9. The molecule has 0 radical (unpaired) electrons. The highest BCUT2D eigenvalue weighted by Crippen LogP contribution is 2.34. The Labute approximate surface area is 122 Å². The van der Waals surface area contributed by atoms with Crippen molar-refractivity contribution in [2.75, 3.05) is 0 Å². The van der Waals surface area contributed by atoms with Crippen molar-refractivity contribution < 1.29 is 0 Å². The highest BCUT2D eigenvalue weighted by Gasteiger charge is 2.27. The summed E-state index contributed by atoms with van der Waals surface area (Å²) in [6.45, 7) is 2.31. The third kappa shape index (κ3) is 3.80. The van der Waals surface area contributed by atoms with Crippen LogP contribution in [0.4, 0.5) is 0 Å². The van der Waals surface area contributed by atoms with Crippen molar-refractivity contribution in [2.45, 2.75) is 51.5 Å². The second-order valence-corrected chi connectivity index (χ2v) is 7.93. The van der Waals surface area contributed by atoms with Gasteiger partial charge in [-0.3, -0.25) is 11.3 Å². The van der Waals surface area contributed by atoms with E-state index in [1.165, 1.54) is 40.8 Å². The van der Waals surface area contributed by atoms with Crippen molar-refractivity contribution in [2.24, 2.45) is 17.7 Å². The summed E-state index contributed by atoms with van der Waals surface area (Å²) in [5, 5.41) is 0. The normalized spacial score (nSPS) is 26.2. The van der Waals surface area contributed by atoms with Gasteiger partial charge in [-0.05, 0) is 59.2 Å². The lowest BCUT2D eigenvalue weighted by Crippen LogP contribution is -2.43. The van der Waals surface area contributed by atoms with Crippen molar-refractivity contribution in [3.8, 4) is 0 Å². The summed E-state index contributed by atoms with van der Waals surface area (Å²) in [4.78, 5) is 1.42. The summed E-state index contributed by atoms with van der Waals surface area (Å²) < 4.78 is 1.21. The van der Waals surface area contributed by atoms with Gasteiger partial charge in [0, 0.05) is 10.9 Å². The van der Waals surface area contributed by atoms with Crippen LogP contribution in [-0.2, 0) is 6.42 Å². The number of nitrogens with two attached hydrogens (primary N) is 1. The SMILES string of the molecule is CCC1CCCC(C(Cc2ccc(Br)s2)NN)C1. The zero-order valence-corrected chi connectivity index (χ0v) is 13.4. The number of nitrogens with one attached hydrogen (secondary N) is 1. The lowest BCUT2D eigenvalue weighted by atomic mass is 9.76. The number of hydrazine groups is 1. The summed E-state index contributed by atoms with van der Waals surface area (Å²) in [5.74, 6) is 7.44. The first-order chi connectivity index (χ1) is 8.72. The molecule has 1 aromatic heterocycles. The predicted molar refractivity (Wildman–Crippen MR) is 82.6 cm³/mol. The summed E-state index contributed by atoms with van der Waals surface area (Å²) in [7, 11) is 0. The van der Waals surface area contributed by atoms with Crippen LogP contribution in [0.15, 0.2) is 15.9 Å². The van der Waals surface area contributed by atoms with Crippen LogP contribution in [0.5, 0.6) is 0 Å². The average Bonchev–Trinajstić information content (AvgIpc) is 2.81. The van der Waals surface area contributed by atoms with E-state index in [0.717, 1.165) is 18.3 Å². The van der Waals surface area contributed by atoms with Crippen molar-refractivity contribution in [3.05, 3.63) is 20.8 Å². The number of rotatable bonds is 5. The van der Waals surface area contributed by atoms with Crippen molar-refractivity contribution in [1.29, 1.82) is 0 Å². The highest BCUT2D eigenvalue weighted by molar-refractivity contribution is 9.11. The number of halogens is 1. The average molecular weight is 331 g/mol. The Morgan fingerprint density at radius 1 is 1.50 bits per heavy atom. The van der Waals surface area contributed by atoms with Gasteiger partial charge in [0.1, 0.15) is 0 Å². The van der Waals surface area contributed by atoms with Gasteiger partial charge in [0.25, 0.3) is 0 Å². The Bertz CT molecular complexity index is 366. The van der Waals surface area contributed by atoms with E-state index >= 15 is 0 Å². The minimum Gasteiger partial charge on any atom is -0.271 e. The summed E-state index contributed by atoms with van der Waals surface area (Å²) in [6, 6.07) is 4.77. The molecular formula is C14H23BrN2S. The van der Waals surface area contributed by atoms with Gasteiger partial charge in [0.05, 0.1) is 3.79 Å². The van der Waals surface area contributed by atoms with Crippen LogP contribution in [0.2, 0.25) is 0 Å². The zero-order valence-electron chi connectivity index (χ0n) is 11.0. The summed E-state index contributed by atoms with van der Waals surface area (Å²) in [5.41, 5.74) is 3.07. The van der Waals surface area contributed by atoms with Gasteiger partial charge in [-0.2, -0.15) is 0 Å². The molecule has 3 unspecified atom stereocenters. The molecule has 3 N–H and O–H groups in total. The van der Waals surface area contributed by atoms with E-state index < -0.39 is 0 Å². The molecule has 0 saturated heterocycles. The van der Waals surface area contributed by atoms with Crippen LogP contribution in [0.25, 0.3) is 0 Å². The van der Waals surface area contributed by atoms with Crippen LogP contribution in [0, 0.1) is 11.8 Å². The quantitative estimate of drug-likeness (QED) is 0.630. The predicted octanol–water partition coefficient (Wildman–Crippen LogP) is 4.10. The molecule has 1 aromatic rings. The number of hydrogen-bond acceptors (Lipinski definition) is 3. The van der Waals surface area contributed by atoms with Crippen LogP contribution in [0.3, 0.4) is 0 Å². The molecule has 0 bridgehead atoms. The second kappa shape index (κ2) is 7.04.